The van der Waals surface area contributed by atoms with Gasteiger partial charge in [-0.2, -0.15) is 4.68 Å². The minimum atomic E-state index is 0.345. The van der Waals surface area contributed by atoms with E-state index in [4.69, 9.17) is 0 Å². The quantitative estimate of drug-likeness (QED) is 0.587. The van der Waals surface area contributed by atoms with Crippen molar-refractivity contribution in [3.8, 4) is 12.0 Å². The Morgan fingerprint density at radius 3 is 2.86 bits per heavy atom. The van der Waals surface area contributed by atoms with E-state index < -0.39 is 0 Å². The normalized spacial score (nSPS) is 10.2. The van der Waals surface area contributed by atoms with E-state index in [1.165, 1.54) is 0 Å². The summed E-state index contributed by atoms with van der Waals surface area (Å²) in [6.07, 6.45) is 0. The van der Waals surface area contributed by atoms with Gasteiger partial charge in [-0.15, -0.1) is 5.10 Å². The van der Waals surface area contributed by atoms with Crippen LogP contribution in [0.15, 0.2) is 24.3 Å². The first-order valence-electron chi connectivity index (χ1n) is 4.59. The number of fused-ring (bicyclic) bond motifs is 1. The second-order valence-corrected chi connectivity index (χ2v) is 3.40. The number of para-hydroxylation sites is 1. The van der Waals surface area contributed by atoms with Crippen molar-refractivity contribution in [1.82, 2.24) is 15.0 Å². The van der Waals surface area contributed by atoms with E-state index in [-0.39, 0.29) is 0 Å². The van der Waals surface area contributed by atoms with E-state index in [0.717, 1.165) is 11.0 Å². The van der Waals surface area contributed by atoms with Gasteiger partial charge in [-0.1, -0.05) is 37.1 Å². The molecule has 0 aliphatic heterocycles. The SMILES string of the molecule is CC(C)C#Cn1nnc2ccccc21. The summed E-state index contributed by atoms with van der Waals surface area (Å²) in [5.74, 6) is 3.40. The Kier molecular flexibility index (Phi) is 2.19. The maximum atomic E-state index is 4.01. The number of nitrogens with zero attached hydrogens (tertiary/aromatic N) is 3. The lowest BCUT2D eigenvalue weighted by Gasteiger charge is -1.90. The Bertz CT molecular complexity index is 500. The van der Waals surface area contributed by atoms with Crippen molar-refractivity contribution in [2.24, 2.45) is 5.92 Å². The van der Waals surface area contributed by atoms with Gasteiger partial charge in [-0.25, -0.2) is 0 Å². The number of hydrogen-bond donors (Lipinski definition) is 0. The molecule has 2 aromatic rings. The molecule has 1 aromatic heterocycles. The second kappa shape index (κ2) is 3.51. The summed E-state index contributed by atoms with van der Waals surface area (Å²) in [5, 5.41) is 7.97. The van der Waals surface area contributed by atoms with E-state index in [1.807, 2.05) is 38.1 Å². The molecule has 3 nitrogen and oxygen atoms in total. The van der Waals surface area contributed by atoms with Crippen molar-refractivity contribution in [3.63, 3.8) is 0 Å². The van der Waals surface area contributed by atoms with Crippen LogP contribution in [0.5, 0.6) is 0 Å². The van der Waals surface area contributed by atoms with Crippen molar-refractivity contribution in [2.75, 3.05) is 0 Å². The van der Waals surface area contributed by atoms with E-state index in [9.17, 15) is 0 Å². The zero-order valence-corrected chi connectivity index (χ0v) is 8.23. The van der Waals surface area contributed by atoms with Crippen LogP contribution in [0, 0.1) is 17.9 Å². The third-order valence-electron chi connectivity index (χ3n) is 1.81. The molecule has 1 aromatic carbocycles. The number of hydrogen-bond acceptors (Lipinski definition) is 2. The van der Waals surface area contributed by atoms with E-state index in [1.54, 1.807) is 4.68 Å². The highest BCUT2D eigenvalue weighted by atomic mass is 15.4. The van der Waals surface area contributed by atoms with E-state index in [0.29, 0.717) is 5.92 Å². The minimum Gasteiger partial charge on any atom is -0.169 e. The van der Waals surface area contributed by atoms with Crippen molar-refractivity contribution in [1.29, 1.82) is 0 Å². The second-order valence-electron chi connectivity index (χ2n) is 3.40. The standard InChI is InChI=1S/C11H11N3/c1-9(2)7-8-14-11-6-4-3-5-10(11)12-13-14/h3-6,9H,1-2H3. The molecule has 0 atom stereocenters. The van der Waals surface area contributed by atoms with Gasteiger partial charge in [-0.3, -0.25) is 0 Å². The zero-order valence-electron chi connectivity index (χ0n) is 8.23. The minimum absolute atomic E-state index is 0.345. The number of aromatic nitrogens is 3. The lowest BCUT2D eigenvalue weighted by molar-refractivity contribution is 0.828. The van der Waals surface area contributed by atoms with Crippen molar-refractivity contribution in [3.05, 3.63) is 24.3 Å². The fourth-order valence-electron chi connectivity index (χ4n) is 1.14. The van der Waals surface area contributed by atoms with Crippen LogP contribution in [0.3, 0.4) is 0 Å². The molecule has 0 saturated carbocycles. The summed E-state index contributed by atoms with van der Waals surface area (Å²) in [4.78, 5) is 0. The molecule has 0 unspecified atom stereocenters. The summed E-state index contributed by atoms with van der Waals surface area (Å²) in [7, 11) is 0. The fraction of sp³-hybridized carbons (Fsp3) is 0.273. The van der Waals surface area contributed by atoms with Gasteiger partial charge in [0.15, 0.2) is 0 Å². The first-order valence-corrected chi connectivity index (χ1v) is 4.59. The summed E-state index contributed by atoms with van der Waals surface area (Å²) < 4.78 is 1.62. The van der Waals surface area contributed by atoms with Crippen molar-refractivity contribution < 1.29 is 0 Å². The van der Waals surface area contributed by atoms with Crippen LogP contribution < -0.4 is 0 Å². The Morgan fingerprint density at radius 2 is 2.07 bits per heavy atom. The Balaban J connectivity index is 2.50. The number of rotatable bonds is 0. The Hall–Kier alpha value is -1.82. The largest absolute Gasteiger partial charge is 0.169 e. The molecule has 3 heteroatoms. The predicted molar refractivity (Wildman–Crippen MR) is 55.5 cm³/mol. The fourth-order valence-corrected chi connectivity index (χ4v) is 1.14. The predicted octanol–water partition coefficient (Wildman–Crippen LogP) is 1.90. The number of benzene rings is 1. The lowest BCUT2D eigenvalue weighted by Crippen LogP contribution is -1.92. The van der Waals surface area contributed by atoms with Crippen molar-refractivity contribution >= 4 is 11.0 Å². The van der Waals surface area contributed by atoms with Gasteiger partial charge in [-0.05, 0) is 12.1 Å². The molecule has 0 saturated heterocycles. The average Bonchev–Trinajstić information content (AvgIpc) is 2.58. The molecule has 0 amide bonds. The zero-order chi connectivity index (χ0) is 9.97. The van der Waals surface area contributed by atoms with Gasteiger partial charge >= 0.3 is 0 Å². The molecule has 1 heterocycles. The maximum absolute atomic E-state index is 4.01. The summed E-state index contributed by atoms with van der Waals surface area (Å²) >= 11 is 0. The van der Waals surface area contributed by atoms with Gasteiger partial charge in [0.2, 0.25) is 0 Å². The van der Waals surface area contributed by atoms with Gasteiger partial charge < -0.3 is 0 Å². The monoisotopic (exact) mass is 185 g/mol. The molecule has 0 radical (unpaired) electrons. The molecule has 70 valence electrons. The highest BCUT2D eigenvalue weighted by molar-refractivity contribution is 5.74. The topological polar surface area (TPSA) is 30.7 Å². The molecule has 0 N–H and O–H groups in total. The van der Waals surface area contributed by atoms with E-state index in [2.05, 4.69) is 22.3 Å². The molecule has 0 bridgehead atoms. The molecule has 0 aliphatic carbocycles. The first-order chi connectivity index (χ1) is 6.77. The first kappa shape index (κ1) is 8.76. The lowest BCUT2D eigenvalue weighted by atomic mass is 10.2. The van der Waals surface area contributed by atoms with Crippen molar-refractivity contribution in [2.45, 2.75) is 13.8 Å². The van der Waals surface area contributed by atoms with Crippen LogP contribution >= 0.6 is 0 Å². The smallest absolute Gasteiger partial charge is 0.114 e. The van der Waals surface area contributed by atoms with Gasteiger partial charge in [0.25, 0.3) is 0 Å². The maximum Gasteiger partial charge on any atom is 0.114 e. The third kappa shape index (κ3) is 1.60. The molecule has 0 spiro atoms. The summed E-state index contributed by atoms with van der Waals surface area (Å²) in [5.41, 5.74) is 1.84. The van der Waals surface area contributed by atoms with Crippen LogP contribution in [0.25, 0.3) is 11.0 Å². The van der Waals surface area contributed by atoms with Crippen LogP contribution in [0.4, 0.5) is 0 Å². The summed E-state index contributed by atoms with van der Waals surface area (Å²) in [6.45, 7) is 4.10. The van der Waals surface area contributed by atoms with Gasteiger partial charge in [0.05, 0.1) is 0 Å². The highest BCUT2D eigenvalue weighted by Crippen LogP contribution is 2.07. The molecule has 0 fully saturated rings. The average molecular weight is 185 g/mol. The van der Waals surface area contributed by atoms with Gasteiger partial charge in [0.1, 0.15) is 11.0 Å². The molecule has 14 heavy (non-hydrogen) atoms. The van der Waals surface area contributed by atoms with Crippen LogP contribution in [0.2, 0.25) is 0 Å². The Labute approximate surface area is 82.7 Å². The molecule has 2 rings (SSSR count). The highest BCUT2D eigenvalue weighted by Gasteiger charge is 1.99. The van der Waals surface area contributed by atoms with Crippen LogP contribution in [-0.2, 0) is 0 Å². The Morgan fingerprint density at radius 1 is 1.29 bits per heavy atom. The molecule has 0 aliphatic rings. The van der Waals surface area contributed by atoms with E-state index >= 15 is 0 Å². The molecular weight excluding hydrogens is 174 g/mol. The van der Waals surface area contributed by atoms with Crippen LogP contribution in [-0.4, -0.2) is 15.0 Å². The van der Waals surface area contributed by atoms with Gasteiger partial charge in [0, 0.05) is 12.0 Å². The molecular formula is C11H11N3. The third-order valence-corrected chi connectivity index (χ3v) is 1.81. The summed E-state index contributed by atoms with van der Waals surface area (Å²) in [6, 6.07) is 10.7. The van der Waals surface area contributed by atoms with Crippen LogP contribution in [0.1, 0.15) is 13.8 Å².